The summed E-state index contributed by atoms with van der Waals surface area (Å²) in [5.41, 5.74) is 0.779. The maximum atomic E-state index is 5.34. The normalized spacial score (nSPS) is 16.6. The summed E-state index contributed by atoms with van der Waals surface area (Å²) in [6, 6.07) is 3.87. The summed E-state index contributed by atoms with van der Waals surface area (Å²) in [5, 5.41) is 15.8. The van der Waals surface area contributed by atoms with Crippen LogP contribution in [0, 0.1) is 6.92 Å². The molecule has 2 aromatic rings. The van der Waals surface area contributed by atoms with E-state index < -0.39 is 0 Å². The largest absolute Gasteiger partial charge is 0.379 e. The molecule has 0 unspecified atom stereocenters. The summed E-state index contributed by atoms with van der Waals surface area (Å²) in [4.78, 5) is 2.44. The van der Waals surface area contributed by atoms with Crippen LogP contribution in [0.25, 0.3) is 5.65 Å². The second-order valence-electron chi connectivity index (χ2n) is 4.97. The van der Waals surface area contributed by atoms with Crippen LogP contribution in [-0.2, 0) is 4.74 Å². The van der Waals surface area contributed by atoms with E-state index in [2.05, 4.69) is 25.5 Å². The van der Waals surface area contributed by atoms with Crippen molar-refractivity contribution in [3.8, 4) is 0 Å². The van der Waals surface area contributed by atoms with Crippen molar-refractivity contribution in [2.45, 2.75) is 13.3 Å². The molecule has 108 valence electrons. The molecule has 1 aliphatic rings. The van der Waals surface area contributed by atoms with Gasteiger partial charge in [0.05, 0.1) is 13.2 Å². The van der Waals surface area contributed by atoms with Gasteiger partial charge in [0.15, 0.2) is 11.5 Å². The maximum Gasteiger partial charge on any atom is 0.178 e. The highest BCUT2D eigenvalue weighted by Gasteiger charge is 2.09. The Morgan fingerprint density at radius 1 is 1.25 bits per heavy atom. The quantitative estimate of drug-likeness (QED) is 0.805. The second-order valence-corrected chi connectivity index (χ2v) is 4.97. The van der Waals surface area contributed by atoms with Crippen molar-refractivity contribution in [1.82, 2.24) is 24.7 Å². The minimum Gasteiger partial charge on any atom is -0.379 e. The number of ether oxygens (including phenoxy) is 1. The Bertz CT molecular complexity index is 563. The number of hydrogen-bond donors (Lipinski definition) is 1. The SMILES string of the molecule is Cc1nnc2ccc(NCCCN3CCOCC3)nn12. The number of anilines is 1. The van der Waals surface area contributed by atoms with E-state index in [0.29, 0.717) is 0 Å². The van der Waals surface area contributed by atoms with Gasteiger partial charge in [0.25, 0.3) is 0 Å². The average Bonchev–Trinajstić information content (AvgIpc) is 2.86. The fourth-order valence-electron chi connectivity index (χ4n) is 2.33. The van der Waals surface area contributed by atoms with Gasteiger partial charge in [-0.2, -0.15) is 4.52 Å². The summed E-state index contributed by atoms with van der Waals surface area (Å²) >= 11 is 0. The third-order valence-corrected chi connectivity index (χ3v) is 3.48. The van der Waals surface area contributed by atoms with E-state index in [1.807, 2.05) is 19.1 Å². The Labute approximate surface area is 117 Å². The monoisotopic (exact) mass is 276 g/mol. The molecular formula is C13H20N6O. The average molecular weight is 276 g/mol. The van der Waals surface area contributed by atoms with Crippen molar-refractivity contribution in [3.05, 3.63) is 18.0 Å². The van der Waals surface area contributed by atoms with Gasteiger partial charge >= 0.3 is 0 Å². The topological polar surface area (TPSA) is 67.6 Å². The van der Waals surface area contributed by atoms with Crippen molar-refractivity contribution >= 4 is 11.5 Å². The third-order valence-electron chi connectivity index (χ3n) is 3.48. The fourth-order valence-corrected chi connectivity index (χ4v) is 2.33. The number of aryl methyl sites for hydroxylation is 1. The molecule has 1 fully saturated rings. The minimum atomic E-state index is 0.779. The molecule has 3 rings (SSSR count). The summed E-state index contributed by atoms with van der Waals surface area (Å²) in [7, 11) is 0. The van der Waals surface area contributed by atoms with E-state index >= 15 is 0 Å². The predicted octanol–water partition coefficient (Wildman–Crippen LogP) is 0.567. The zero-order valence-corrected chi connectivity index (χ0v) is 11.7. The van der Waals surface area contributed by atoms with E-state index in [1.54, 1.807) is 4.52 Å². The van der Waals surface area contributed by atoms with Gasteiger partial charge in [-0.1, -0.05) is 0 Å². The molecule has 1 saturated heterocycles. The van der Waals surface area contributed by atoms with Crippen LogP contribution in [0.15, 0.2) is 12.1 Å². The van der Waals surface area contributed by atoms with Crippen LogP contribution in [0.4, 0.5) is 5.82 Å². The molecule has 1 aliphatic heterocycles. The maximum absolute atomic E-state index is 5.34. The van der Waals surface area contributed by atoms with Crippen LogP contribution in [0.1, 0.15) is 12.2 Å². The first-order chi connectivity index (χ1) is 9.83. The van der Waals surface area contributed by atoms with Crippen molar-refractivity contribution in [3.63, 3.8) is 0 Å². The fraction of sp³-hybridized carbons (Fsp3) is 0.615. The molecule has 0 bridgehead atoms. The lowest BCUT2D eigenvalue weighted by atomic mass is 10.3. The first-order valence-electron chi connectivity index (χ1n) is 7.06. The molecule has 2 aromatic heterocycles. The molecule has 7 nitrogen and oxygen atoms in total. The number of nitrogens with zero attached hydrogens (tertiary/aromatic N) is 5. The van der Waals surface area contributed by atoms with Gasteiger partial charge in [-0.15, -0.1) is 15.3 Å². The molecule has 7 heteroatoms. The van der Waals surface area contributed by atoms with Gasteiger partial charge in [-0.25, -0.2) is 0 Å². The molecule has 0 aliphatic carbocycles. The summed E-state index contributed by atoms with van der Waals surface area (Å²) in [6.07, 6.45) is 1.10. The van der Waals surface area contributed by atoms with E-state index in [4.69, 9.17) is 4.74 Å². The van der Waals surface area contributed by atoms with Gasteiger partial charge in [0.2, 0.25) is 0 Å². The highest BCUT2D eigenvalue weighted by molar-refractivity contribution is 5.43. The highest BCUT2D eigenvalue weighted by Crippen LogP contribution is 2.06. The van der Waals surface area contributed by atoms with E-state index in [9.17, 15) is 0 Å². The van der Waals surface area contributed by atoms with Crippen LogP contribution >= 0.6 is 0 Å². The van der Waals surface area contributed by atoms with Gasteiger partial charge in [-0.3, -0.25) is 4.90 Å². The Kier molecular flexibility index (Phi) is 4.08. The Morgan fingerprint density at radius 2 is 2.10 bits per heavy atom. The minimum absolute atomic E-state index is 0.779. The smallest absolute Gasteiger partial charge is 0.178 e. The first-order valence-corrected chi connectivity index (χ1v) is 7.06. The lowest BCUT2D eigenvalue weighted by Gasteiger charge is -2.26. The number of aromatic nitrogens is 4. The molecule has 0 atom stereocenters. The number of hydrogen-bond acceptors (Lipinski definition) is 6. The Morgan fingerprint density at radius 3 is 2.95 bits per heavy atom. The van der Waals surface area contributed by atoms with E-state index in [1.165, 1.54) is 0 Å². The van der Waals surface area contributed by atoms with Crippen LogP contribution in [-0.4, -0.2) is 64.1 Å². The summed E-state index contributed by atoms with van der Waals surface area (Å²) in [6.45, 7) is 7.72. The van der Waals surface area contributed by atoms with Crippen LogP contribution in [0.3, 0.4) is 0 Å². The van der Waals surface area contributed by atoms with Crippen molar-refractivity contribution in [2.24, 2.45) is 0 Å². The third kappa shape index (κ3) is 3.05. The molecule has 3 heterocycles. The van der Waals surface area contributed by atoms with Crippen molar-refractivity contribution in [1.29, 1.82) is 0 Å². The van der Waals surface area contributed by atoms with Crippen LogP contribution in [0.5, 0.6) is 0 Å². The van der Waals surface area contributed by atoms with Gasteiger partial charge in [0, 0.05) is 19.6 Å². The number of fused-ring (bicyclic) bond motifs is 1. The molecule has 20 heavy (non-hydrogen) atoms. The molecule has 0 spiro atoms. The Hall–Kier alpha value is -1.73. The summed E-state index contributed by atoms with van der Waals surface area (Å²) < 4.78 is 7.09. The molecule has 0 radical (unpaired) electrons. The standard InChI is InChI=1S/C13H20N6O/c1-11-15-16-13-4-3-12(17-19(11)13)14-5-2-6-18-7-9-20-10-8-18/h3-4H,2,5-10H2,1H3,(H,14,17). The zero-order chi connectivity index (χ0) is 13.8. The highest BCUT2D eigenvalue weighted by atomic mass is 16.5. The predicted molar refractivity (Wildman–Crippen MR) is 75.9 cm³/mol. The van der Waals surface area contributed by atoms with Gasteiger partial charge < -0.3 is 10.1 Å². The van der Waals surface area contributed by atoms with Crippen LogP contribution in [0.2, 0.25) is 0 Å². The van der Waals surface area contributed by atoms with Gasteiger partial charge in [-0.05, 0) is 32.0 Å². The summed E-state index contributed by atoms with van der Waals surface area (Å²) in [5.74, 6) is 1.67. The van der Waals surface area contributed by atoms with Gasteiger partial charge in [0.1, 0.15) is 5.82 Å². The molecule has 0 saturated carbocycles. The van der Waals surface area contributed by atoms with Crippen molar-refractivity contribution in [2.75, 3.05) is 44.7 Å². The lowest BCUT2D eigenvalue weighted by Crippen LogP contribution is -2.37. The van der Waals surface area contributed by atoms with E-state index in [0.717, 1.165) is 63.1 Å². The number of rotatable bonds is 5. The molecule has 0 amide bonds. The Balaban J connectivity index is 1.48. The number of morpholine rings is 1. The second kappa shape index (κ2) is 6.15. The zero-order valence-electron chi connectivity index (χ0n) is 11.7. The molecule has 0 aromatic carbocycles. The van der Waals surface area contributed by atoms with Crippen molar-refractivity contribution < 1.29 is 4.74 Å². The number of nitrogens with one attached hydrogen (secondary N) is 1. The van der Waals surface area contributed by atoms with E-state index in [-0.39, 0.29) is 0 Å². The molecule has 1 N–H and O–H groups in total. The lowest BCUT2D eigenvalue weighted by molar-refractivity contribution is 0.0378. The molecular weight excluding hydrogens is 256 g/mol. The first kappa shape index (κ1) is 13.3. The van der Waals surface area contributed by atoms with Crippen LogP contribution < -0.4 is 5.32 Å².